The average molecular weight is 316 g/mol. The van der Waals surface area contributed by atoms with Crippen LogP contribution in [-0.2, 0) is 0 Å². The fourth-order valence-electron chi connectivity index (χ4n) is 2.34. The van der Waals surface area contributed by atoms with Crippen LogP contribution in [-0.4, -0.2) is 20.4 Å². The fourth-order valence-corrected chi connectivity index (χ4v) is 2.50. The number of carbonyl (C=O) groups excluding carboxylic acids is 1. The molecule has 2 aromatic heterocycles. The molecule has 0 saturated carbocycles. The molecule has 0 unspecified atom stereocenters. The number of nitrogens with one attached hydrogen (secondary N) is 1. The maximum atomic E-state index is 12.5. The Morgan fingerprint density at radius 1 is 1.27 bits per heavy atom. The first-order chi connectivity index (χ1) is 10.5. The molecule has 1 aromatic carbocycles. The van der Waals surface area contributed by atoms with E-state index in [4.69, 9.17) is 11.6 Å². The first-order valence-corrected chi connectivity index (χ1v) is 7.08. The SMILES string of the molecule is Cc1ccc(NC(=O)c2c(C)nc3ccc(Cl)cn23)c(O)c1. The van der Waals surface area contributed by atoms with Crippen molar-refractivity contribution in [3.8, 4) is 5.75 Å². The summed E-state index contributed by atoms with van der Waals surface area (Å²) in [4.78, 5) is 16.9. The second-order valence-corrected chi connectivity index (χ2v) is 5.53. The number of phenols is 1. The summed E-state index contributed by atoms with van der Waals surface area (Å²) in [5, 5.41) is 13.1. The number of aromatic nitrogens is 2. The van der Waals surface area contributed by atoms with Crippen molar-refractivity contribution in [2.24, 2.45) is 0 Å². The Labute approximate surface area is 132 Å². The van der Waals surface area contributed by atoms with Crippen LogP contribution in [0.4, 0.5) is 5.69 Å². The quantitative estimate of drug-likeness (QED) is 0.711. The van der Waals surface area contributed by atoms with Crippen molar-refractivity contribution in [2.45, 2.75) is 13.8 Å². The molecule has 0 aliphatic rings. The lowest BCUT2D eigenvalue weighted by atomic mass is 10.2. The molecule has 0 radical (unpaired) electrons. The zero-order valence-electron chi connectivity index (χ0n) is 12.1. The first-order valence-electron chi connectivity index (χ1n) is 6.71. The predicted molar refractivity (Wildman–Crippen MR) is 85.7 cm³/mol. The van der Waals surface area contributed by atoms with Crippen LogP contribution in [0.5, 0.6) is 5.75 Å². The molecule has 2 N–H and O–H groups in total. The summed E-state index contributed by atoms with van der Waals surface area (Å²) in [6, 6.07) is 8.53. The Bertz CT molecular complexity index is 886. The number of anilines is 1. The van der Waals surface area contributed by atoms with Gasteiger partial charge in [0.25, 0.3) is 5.91 Å². The molecule has 0 atom stereocenters. The Balaban J connectivity index is 2.02. The number of imidazole rings is 1. The van der Waals surface area contributed by atoms with Gasteiger partial charge in [0.1, 0.15) is 17.1 Å². The van der Waals surface area contributed by atoms with E-state index < -0.39 is 0 Å². The molecule has 0 fully saturated rings. The van der Waals surface area contributed by atoms with Crippen molar-refractivity contribution < 1.29 is 9.90 Å². The number of amides is 1. The lowest BCUT2D eigenvalue weighted by Crippen LogP contribution is -2.15. The Kier molecular flexibility index (Phi) is 3.50. The van der Waals surface area contributed by atoms with Crippen molar-refractivity contribution in [2.75, 3.05) is 5.32 Å². The summed E-state index contributed by atoms with van der Waals surface area (Å²) in [5.41, 5.74) is 2.88. The fraction of sp³-hybridized carbons (Fsp3) is 0.125. The van der Waals surface area contributed by atoms with Crippen molar-refractivity contribution in [3.63, 3.8) is 0 Å². The number of rotatable bonds is 2. The van der Waals surface area contributed by atoms with E-state index in [1.807, 2.05) is 13.0 Å². The molecule has 6 heteroatoms. The molecule has 2 heterocycles. The molecule has 5 nitrogen and oxygen atoms in total. The van der Waals surface area contributed by atoms with Gasteiger partial charge in [-0.3, -0.25) is 9.20 Å². The van der Waals surface area contributed by atoms with Crippen LogP contribution >= 0.6 is 11.6 Å². The van der Waals surface area contributed by atoms with Crippen LogP contribution in [0.3, 0.4) is 0 Å². The first kappa shape index (κ1) is 14.4. The number of phenolic OH excluding ortho intramolecular Hbond substituents is 1. The molecule has 22 heavy (non-hydrogen) atoms. The van der Waals surface area contributed by atoms with Gasteiger partial charge >= 0.3 is 0 Å². The van der Waals surface area contributed by atoms with Gasteiger partial charge in [-0.1, -0.05) is 17.7 Å². The zero-order valence-corrected chi connectivity index (χ0v) is 12.8. The maximum absolute atomic E-state index is 12.5. The number of aryl methyl sites for hydroxylation is 2. The molecule has 0 spiro atoms. The molecule has 0 aliphatic heterocycles. The second kappa shape index (κ2) is 5.35. The van der Waals surface area contributed by atoms with Crippen LogP contribution < -0.4 is 5.32 Å². The second-order valence-electron chi connectivity index (χ2n) is 5.10. The summed E-state index contributed by atoms with van der Waals surface area (Å²) in [7, 11) is 0. The van der Waals surface area contributed by atoms with E-state index in [1.165, 1.54) is 0 Å². The Morgan fingerprint density at radius 2 is 2.05 bits per heavy atom. The number of hydrogen-bond acceptors (Lipinski definition) is 3. The minimum atomic E-state index is -0.355. The molecule has 1 amide bonds. The van der Waals surface area contributed by atoms with Gasteiger partial charge in [-0.2, -0.15) is 0 Å². The smallest absolute Gasteiger partial charge is 0.274 e. The van der Waals surface area contributed by atoms with E-state index in [0.29, 0.717) is 27.7 Å². The third kappa shape index (κ3) is 2.51. The van der Waals surface area contributed by atoms with Crippen LogP contribution in [0.2, 0.25) is 5.02 Å². The lowest BCUT2D eigenvalue weighted by Gasteiger charge is -2.08. The average Bonchev–Trinajstić information content (AvgIpc) is 2.77. The van der Waals surface area contributed by atoms with Gasteiger partial charge < -0.3 is 10.4 Å². The summed E-state index contributed by atoms with van der Waals surface area (Å²) in [6.07, 6.45) is 1.64. The van der Waals surface area contributed by atoms with Gasteiger partial charge in [-0.15, -0.1) is 0 Å². The highest BCUT2D eigenvalue weighted by Gasteiger charge is 2.18. The van der Waals surface area contributed by atoms with Gasteiger partial charge in [0.2, 0.25) is 0 Å². The number of carbonyl (C=O) groups is 1. The Hall–Kier alpha value is -2.53. The number of pyridine rings is 1. The van der Waals surface area contributed by atoms with E-state index in [-0.39, 0.29) is 11.7 Å². The molecule has 3 aromatic rings. The van der Waals surface area contributed by atoms with E-state index in [0.717, 1.165) is 5.56 Å². The number of aromatic hydroxyl groups is 1. The zero-order chi connectivity index (χ0) is 15.9. The van der Waals surface area contributed by atoms with Gasteiger partial charge in [0.15, 0.2) is 0 Å². The maximum Gasteiger partial charge on any atom is 0.274 e. The normalized spacial score (nSPS) is 10.9. The summed E-state index contributed by atoms with van der Waals surface area (Å²) in [6.45, 7) is 3.62. The van der Waals surface area contributed by atoms with E-state index in [2.05, 4.69) is 10.3 Å². The van der Waals surface area contributed by atoms with Crippen molar-refractivity contribution in [3.05, 3.63) is 58.5 Å². The molecule has 0 aliphatic carbocycles. The van der Waals surface area contributed by atoms with E-state index in [9.17, 15) is 9.90 Å². The molecule has 0 saturated heterocycles. The van der Waals surface area contributed by atoms with Crippen molar-refractivity contribution in [1.82, 2.24) is 9.38 Å². The highest BCUT2D eigenvalue weighted by Crippen LogP contribution is 2.25. The lowest BCUT2D eigenvalue weighted by molar-refractivity contribution is 0.102. The van der Waals surface area contributed by atoms with E-state index >= 15 is 0 Å². The van der Waals surface area contributed by atoms with Crippen molar-refractivity contribution >= 4 is 28.8 Å². The number of hydrogen-bond donors (Lipinski definition) is 2. The van der Waals surface area contributed by atoms with Gasteiger partial charge in [-0.05, 0) is 43.7 Å². The number of fused-ring (bicyclic) bond motifs is 1. The predicted octanol–water partition coefficient (Wildman–Crippen LogP) is 3.56. The molecular formula is C16H14ClN3O2. The number of benzene rings is 1. The Morgan fingerprint density at radius 3 is 2.77 bits per heavy atom. The van der Waals surface area contributed by atoms with Gasteiger partial charge in [0.05, 0.1) is 16.4 Å². The standard InChI is InChI=1S/C16H14ClN3O2/c1-9-3-5-12(13(21)7-9)19-16(22)15-10(2)18-14-6-4-11(17)8-20(14)15/h3-8,21H,1-2H3,(H,19,22). The van der Waals surface area contributed by atoms with Crippen LogP contribution in [0.1, 0.15) is 21.7 Å². The van der Waals surface area contributed by atoms with Crippen molar-refractivity contribution in [1.29, 1.82) is 0 Å². The number of halogens is 1. The summed E-state index contributed by atoms with van der Waals surface area (Å²) < 4.78 is 1.64. The summed E-state index contributed by atoms with van der Waals surface area (Å²) in [5.74, 6) is -0.329. The number of nitrogens with zero attached hydrogens (tertiary/aromatic N) is 2. The van der Waals surface area contributed by atoms with Gasteiger partial charge in [-0.25, -0.2) is 4.98 Å². The molecular weight excluding hydrogens is 302 g/mol. The highest BCUT2D eigenvalue weighted by molar-refractivity contribution is 6.30. The van der Waals surface area contributed by atoms with Gasteiger partial charge in [0, 0.05) is 6.20 Å². The molecule has 112 valence electrons. The summed E-state index contributed by atoms with van der Waals surface area (Å²) >= 11 is 5.99. The highest BCUT2D eigenvalue weighted by atomic mass is 35.5. The monoisotopic (exact) mass is 315 g/mol. The molecule has 0 bridgehead atoms. The largest absolute Gasteiger partial charge is 0.506 e. The van der Waals surface area contributed by atoms with Crippen LogP contribution in [0, 0.1) is 13.8 Å². The van der Waals surface area contributed by atoms with E-state index in [1.54, 1.807) is 41.8 Å². The van der Waals surface area contributed by atoms with Crippen LogP contribution in [0.25, 0.3) is 5.65 Å². The minimum absolute atomic E-state index is 0.0258. The molecule has 3 rings (SSSR count). The minimum Gasteiger partial charge on any atom is -0.506 e. The third-order valence-electron chi connectivity index (χ3n) is 3.37. The third-order valence-corrected chi connectivity index (χ3v) is 3.60. The topological polar surface area (TPSA) is 66.6 Å². The van der Waals surface area contributed by atoms with Crippen LogP contribution in [0.15, 0.2) is 36.5 Å².